The van der Waals surface area contributed by atoms with Crippen LogP contribution in [0.4, 0.5) is 0 Å². The van der Waals surface area contributed by atoms with Crippen LogP contribution in [0.25, 0.3) is 16.8 Å². The molecule has 2 aliphatic rings. The molecule has 152 valence electrons. The van der Waals surface area contributed by atoms with Crippen LogP contribution in [0.3, 0.4) is 0 Å². The summed E-state index contributed by atoms with van der Waals surface area (Å²) in [6.07, 6.45) is 11.1. The van der Waals surface area contributed by atoms with Gasteiger partial charge in [-0.25, -0.2) is 0 Å². The molecule has 0 bridgehead atoms. The Morgan fingerprint density at radius 2 is 1.66 bits per heavy atom. The molecule has 0 aliphatic carbocycles. The van der Waals surface area contributed by atoms with Gasteiger partial charge in [-0.2, -0.15) is 0 Å². The SMILES string of the molecule is CCCCCCc1ccc(-c2ccc3c(c2)C2=CC=C(C)CN2CC3(C)C)cc1. The second kappa shape index (κ2) is 8.22. The number of benzene rings is 2. The van der Waals surface area contributed by atoms with Crippen molar-refractivity contribution >= 4 is 5.70 Å². The van der Waals surface area contributed by atoms with Crippen molar-refractivity contribution in [2.75, 3.05) is 13.1 Å². The Hall–Kier alpha value is -2.28. The molecule has 2 aliphatic heterocycles. The molecule has 2 aromatic carbocycles. The summed E-state index contributed by atoms with van der Waals surface area (Å²) in [7, 11) is 0. The van der Waals surface area contributed by atoms with Crippen LogP contribution in [0.1, 0.15) is 70.1 Å². The number of allylic oxidation sites excluding steroid dienone is 2. The first-order valence-electron chi connectivity index (χ1n) is 11.3. The molecule has 0 N–H and O–H groups in total. The van der Waals surface area contributed by atoms with E-state index in [2.05, 4.69) is 87.2 Å². The molecule has 1 heteroatoms. The van der Waals surface area contributed by atoms with Gasteiger partial charge < -0.3 is 4.90 Å². The highest BCUT2D eigenvalue weighted by molar-refractivity contribution is 5.78. The highest BCUT2D eigenvalue weighted by Gasteiger charge is 2.35. The van der Waals surface area contributed by atoms with Crippen LogP contribution in [0, 0.1) is 0 Å². The van der Waals surface area contributed by atoms with Gasteiger partial charge in [-0.15, -0.1) is 0 Å². The zero-order valence-corrected chi connectivity index (χ0v) is 18.6. The predicted molar refractivity (Wildman–Crippen MR) is 126 cm³/mol. The Morgan fingerprint density at radius 1 is 0.897 bits per heavy atom. The predicted octanol–water partition coefficient (Wildman–Crippen LogP) is 7.37. The summed E-state index contributed by atoms with van der Waals surface area (Å²) in [6.45, 7) is 11.4. The van der Waals surface area contributed by atoms with Crippen LogP contribution in [-0.4, -0.2) is 18.0 Å². The summed E-state index contributed by atoms with van der Waals surface area (Å²) >= 11 is 0. The van der Waals surface area contributed by atoms with Gasteiger partial charge in [0.2, 0.25) is 0 Å². The molecule has 0 radical (unpaired) electrons. The highest BCUT2D eigenvalue weighted by atomic mass is 15.2. The van der Waals surface area contributed by atoms with E-state index in [1.165, 1.54) is 71.2 Å². The largest absolute Gasteiger partial charge is 0.366 e. The lowest BCUT2D eigenvalue weighted by molar-refractivity contribution is 0.312. The normalized spacial score (nSPS) is 17.3. The molecule has 2 aromatic rings. The molecule has 0 amide bonds. The van der Waals surface area contributed by atoms with Gasteiger partial charge in [-0.05, 0) is 54.2 Å². The minimum absolute atomic E-state index is 0.172. The van der Waals surface area contributed by atoms with Gasteiger partial charge in [0, 0.05) is 29.8 Å². The summed E-state index contributed by atoms with van der Waals surface area (Å²) in [5.74, 6) is 0. The highest BCUT2D eigenvalue weighted by Crippen LogP contribution is 2.42. The van der Waals surface area contributed by atoms with Gasteiger partial charge in [0.15, 0.2) is 0 Å². The smallest absolute Gasteiger partial charge is 0.0446 e. The van der Waals surface area contributed by atoms with Gasteiger partial charge in [0.05, 0.1) is 0 Å². The van der Waals surface area contributed by atoms with Crippen LogP contribution in [0.5, 0.6) is 0 Å². The number of hydrogen-bond donors (Lipinski definition) is 0. The first-order valence-corrected chi connectivity index (χ1v) is 11.3. The Morgan fingerprint density at radius 3 is 2.41 bits per heavy atom. The molecule has 1 nitrogen and oxygen atoms in total. The summed E-state index contributed by atoms with van der Waals surface area (Å²) in [6, 6.07) is 16.4. The van der Waals surface area contributed by atoms with Crippen molar-refractivity contribution in [3.8, 4) is 11.1 Å². The van der Waals surface area contributed by atoms with E-state index >= 15 is 0 Å². The molecule has 0 atom stereocenters. The zero-order valence-electron chi connectivity index (χ0n) is 18.6. The van der Waals surface area contributed by atoms with Crippen LogP contribution in [0.15, 0.2) is 60.2 Å². The second-order valence-corrected chi connectivity index (χ2v) is 9.57. The Labute approximate surface area is 177 Å². The van der Waals surface area contributed by atoms with Crippen molar-refractivity contribution in [1.82, 2.24) is 4.90 Å². The quantitative estimate of drug-likeness (QED) is 0.469. The summed E-state index contributed by atoms with van der Waals surface area (Å²) in [5.41, 5.74) is 10.00. The average molecular weight is 386 g/mol. The van der Waals surface area contributed by atoms with Gasteiger partial charge in [-0.3, -0.25) is 0 Å². The van der Waals surface area contributed by atoms with Gasteiger partial charge >= 0.3 is 0 Å². The van der Waals surface area contributed by atoms with Crippen molar-refractivity contribution in [1.29, 1.82) is 0 Å². The lowest BCUT2D eigenvalue weighted by Crippen LogP contribution is -2.42. The number of nitrogens with zero attached hydrogens (tertiary/aromatic N) is 1. The van der Waals surface area contributed by atoms with E-state index in [0.717, 1.165) is 13.1 Å². The molecule has 0 unspecified atom stereocenters. The Bertz CT molecular complexity index is 927. The van der Waals surface area contributed by atoms with Gasteiger partial charge in [0.1, 0.15) is 0 Å². The second-order valence-electron chi connectivity index (χ2n) is 9.57. The maximum atomic E-state index is 2.56. The van der Waals surface area contributed by atoms with Crippen molar-refractivity contribution in [2.45, 2.75) is 65.2 Å². The van der Waals surface area contributed by atoms with E-state index in [1.54, 1.807) is 0 Å². The standard InChI is InChI=1S/C28H35N/c1-5-6-7-8-9-22-11-13-23(14-12-22)24-15-16-26-25(18-24)27-17-10-21(2)19-29(27)20-28(26,3)4/h10-18H,5-9,19-20H2,1-4H3. The molecule has 0 saturated heterocycles. The number of hydrogen-bond acceptors (Lipinski definition) is 1. The first kappa shape index (κ1) is 20.0. The molecule has 4 rings (SSSR count). The number of unbranched alkanes of at least 4 members (excludes halogenated alkanes) is 3. The molecular formula is C28H35N. The maximum absolute atomic E-state index is 2.56. The summed E-state index contributed by atoms with van der Waals surface area (Å²) in [4.78, 5) is 2.56. The molecule has 29 heavy (non-hydrogen) atoms. The van der Waals surface area contributed by atoms with Crippen molar-refractivity contribution < 1.29 is 0 Å². The molecule has 0 spiro atoms. The van der Waals surface area contributed by atoms with E-state index in [4.69, 9.17) is 0 Å². The van der Waals surface area contributed by atoms with E-state index in [1.807, 2.05) is 0 Å². The fourth-order valence-electron chi connectivity index (χ4n) is 4.87. The summed E-state index contributed by atoms with van der Waals surface area (Å²) < 4.78 is 0. The van der Waals surface area contributed by atoms with E-state index < -0.39 is 0 Å². The maximum Gasteiger partial charge on any atom is 0.0446 e. The lowest BCUT2D eigenvalue weighted by atomic mass is 9.75. The Kier molecular flexibility index (Phi) is 5.67. The van der Waals surface area contributed by atoms with Gasteiger partial charge in [-0.1, -0.05) is 88.1 Å². The third kappa shape index (κ3) is 4.20. The van der Waals surface area contributed by atoms with Crippen molar-refractivity contribution in [2.24, 2.45) is 0 Å². The topological polar surface area (TPSA) is 3.24 Å². The number of rotatable bonds is 6. The molecule has 0 fully saturated rings. The summed E-state index contributed by atoms with van der Waals surface area (Å²) in [5, 5.41) is 0. The third-order valence-electron chi connectivity index (χ3n) is 6.52. The molecule has 0 saturated carbocycles. The number of fused-ring (bicyclic) bond motifs is 3. The van der Waals surface area contributed by atoms with Crippen molar-refractivity contribution in [3.63, 3.8) is 0 Å². The van der Waals surface area contributed by atoms with Crippen LogP contribution in [-0.2, 0) is 11.8 Å². The van der Waals surface area contributed by atoms with Crippen LogP contribution >= 0.6 is 0 Å². The number of aryl methyl sites for hydroxylation is 1. The fraction of sp³-hybridized carbons (Fsp3) is 0.429. The van der Waals surface area contributed by atoms with Crippen LogP contribution < -0.4 is 0 Å². The minimum atomic E-state index is 0.172. The van der Waals surface area contributed by atoms with Crippen molar-refractivity contribution in [3.05, 3.63) is 76.9 Å². The lowest BCUT2D eigenvalue weighted by Gasteiger charge is -2.44. The minimum Gasteiger partial charge on any atom is -0.366 e. The Balaban J connectivity index is 1.61. The van der Waals surface area contributed by atoms with E-state index in [-0.39, 0.29) is 5.41 Å². The van der Waals surface area contributed by atoms with Crippen LogP contribution in [0.2, 0.25) is 0 Å². The molecular weight excluding hydrogens is 350 g/mol. The fourth-order valence-corrected chi connectivity index (χ4v) is 4.87. The van der Waals surface area contributed by atoms with E-state index in [9.17, 15) is 0 Å². The molecule has 0 aromatic heterocycles. The molecule has 2 heterocycles. The van der Waals surface area contributed by atoms with Gasteiger partial charge in [0.25, 0.3) is 0 Å². The monoisotopic (exact) mass is 385 g/mol. The zero-order chi connectivity index (χ0) is 20.4. The average Bonchev–Trinajstić information content (AvgIpc) is 2.71. The van der Waals surface area contributed by atoms with E-state index in [0.29, 0.717) is 0 Å². The third-order valence-corrected chi connectivity index (χ3v) is 6.52. The first-order chi connectivity index (χ1) is 14.0.